The van der Waals surface area contributed by atoms with Crippen LogP contribution in [0.25, 0.3) is 0 Å². The summed E-state index contributed by atoms with van der Waals surface area (Å²) in [5.74, 6) is -0.330. The van der Waals surface area contributed by atoms with E-state index in [0.29, 0.717) is 11.6 Å². The molecule has 1 aliphatic rings. The molecule has 5 heteroatoms. The van der Waals surface area contributed by atoms with Crippen molar-refractivity contribution in [2.45, 2.75) is 39.7 Å². The Bertz CT molecular complexity index is 557. The Kier molecular flexibility index (Phi) is 4.33. The highest BCUT2D eigenvalue weighted by Crippen LogP contribution is 2.42. The first kappa shape index (κ1) is 14.9. The third-order valence-corrected chi connectivity index (χ3v) is 3.85. The fourth-order valence-corrected chi connectivity index (χ4v) is 2.85. The monoisotopic (exact) mass is 294 g/mol. The van der Waals surface area contributed by atoms with E-state index in [-0.39, 0.29) is 11.8 Å². The van der Waals surface area contributed by atoms with Crippen LogP contribution in [0.15, 0.2) is 12.1 Å². The van der Waals surface area contributed by atoms with Crippen LogP contribution in [0.2, 0.25) is 5.02 Å². The number of unbranched alkanes of at least 4 members (excludes halogenated alkanes) is 1. The largest absolute Gasteiger partial charge is 0.341 e. The summed E-state index contributed by atoms with van der Waals surface area (Å²) in [6, 6.07) is 3.02. The SMILES string of the molecule is CCCCN1C(=O)[C@H](NC(C)=O)c2c(Cl)ccc(C)c21. The minimum atomic E-state index is -0.660. The summed E-state index contributed by atoms with van der Waals surface area (Å²) in [6.45, 7) is 6.10. The fourth-order valence-electron chi connectivity index (χ4n) is 2.59. The van der Waals surface area contributed by atoms with E-state index in [1.165, 1.54) is 6.92 Å². The van der Waals surface area contributed by atoms with Crippen LogP contribution < -0.4 is 10.2 Å². The van der Waals surface area contributed by atoms with Gasteiger partial charge in [-0.05, 0) is 25.0 Å². The molecule has 0 saturated heterocycles. The number of rotatable bonds is 4. The summed E-state index contributed by atoms with van der Waals surface area (Å²) in [5, 5.41) is 3.23. The second-order valence-corrected chi connectivity index (χ2v) is 5.51. The minimum absolute atomic E-state index is 0.0974. The molecule has 4 nitrogen and oxygen atoms in total. The number of aryl methyl sites for hydroxylation is 1. The molecule has 2 rings (SSSR count). The summed E-state index contributed by atoms with van der Waals surface area (Å²) in [5.41, 5.74) is 2.58. The third-order valence-electron chi connectivity index (χ3n) is 3.52. The van der Waals surface area contributed by atoms with Crippen LogP contribution in [-0.2, 0) is 9.59 Å². The molecule has 0 aliphatic carbocycles. The fraction of sp³-hybridized carbons (Fsp3) is 0.467. The minimum Gasteiger partial charge on any atom is -0.341 e. The molecular formula is C15H19ClN2O2. The average molecular weight is 295 g/mol. The van der Waals surface area contributed by atoms with Gasteiger partial charge in [-0.15, -0.1) is 0 Å². The summed E-state index contributed by atoms with van der Waals surface area (Å²) in [7, 11) is 0. The van der Waals surface area contributed by atoms with E-state index in [4.69, 9.17) is 11.6 Å². The zero-order chi connectivity index (χ0) is 14.9. The number of halogens is 1. The number of benzene rings is 1. The lowest BCUT2D eigenvalue weighted by molar-refractivity contribution is -0.126. The summed E-state index contributed by atoms with van der Waals surface area (Å²) in [4.78, 5) is 25.7. The molecule has 0 saturated carbocycles. The number of carbonyl (C=O) groups excluding carboxylic acids is 2. The number of carbonyl (C=O) groups is 2. The molecule has 2 amide bonds. The van der Waals surface area contributed by atoms with Gasteiger partial charge in [0.05, 0.1) is 5.69 Å². The quantitative estimate of drug-likeness (QED) is 0.928. The molecule has 0 fully saturated rings. The lowest BCUT2D eigenvalue weighted by atomic mass is 10.0. The van der Waals surface area contributed by atoms with Crippen molar-refractivity contribution < 1.29 is 9.59 Å². The van der Waals surface area contributed by atoms with Crippen molar-refractivity contribution in [2.75, 3.05) is 11.4 Å². The summed E-state index contributed by atoms with van der Waals surface area (Å²) < 4.78 is 0. The standard InChI is InChI=1S/C15H19ClN2O2/c1-4-5-8-18-14-9(2)6-7-11(16)12(14)13(15(18)20)17-10(3)19/h6-7,13H,4-5,8H2,1-3H3,(H,17,19)/t13-/m1/s1. The molecule has 1 heterocycles. The third kappa shape index (κ3) is 2.52. The van der Waals surface area contributed by atoms with Crippen LogP contribution in [0.4, 0.5) is 5.69 Å². The smallest absolute Gasteiger partial charge is 0.254 e. The van der Waals surface area contributed by atoms with Crippen molar-refractivity contribution in [1.82, 2.24) is 5.32 Å². The van der Waals surface area contributed by atoms with Crippen molar-refractivity contribution in [3.05, 3.63) is 28.3 Å². The normalized spacial score (nSPS) is 17.3. The predicted octanol–water partition coefficient (Wildman–Crippen LogP) is 2.97. The zero-order valence-corrected chi connectivity index (χ0v) is 12.8. The van der Waals surface area contributed by atoms with Crippen LogP contribution in [0.1, 0.15) is 43.9 Å². The number of hydrogen-bond donors (Lipinski definition) is 1. The molecule has 0 unspecified atom stereocenters. The molecule has 0 spiro atoms. The molecular weight excluding hydrogens is 276 g/mol. The number of fused-ring (bicyclic) bond motifs is 1. The number of nitrogens with one attached hydrogen (secondary N) is 1. The Morgan fingerprint density at radius 3 is 2.75 bits per heavy atom. The van der Waals surface area contributed by atoms with Gasteiger partial charge in [0.2, 0.25) is 5.91 Å². The van der Waals surface area contributed by atoms with Gasteiger partial charge in [-0.25, -0.2) is 0 Å². The van der Waals surface area contributed by atoms with E-state index in [0.717, 1.165) is 29.7 Å². The second-order valence-electron chi connectivity index (χ2n) is 5.10. The van der Waals surface area contributed by atoms with Gasteiger partial charge < -0.3 is 10.2 Å². The van der Waals surface area contributed by atoms with E-state index in [2.05, 4.69) is 12.2 Å². The van der Waals surface area contributed by atoms with Crippen molar-refractivity contribution in [3.8, 4) is 0 Å². The molecule has 108 valence electrons. The maximum atomic E-state index is 12.6. The second kappa shape index (κ2) is 5.83. The van der Waals surface area contributed by atoms with Gasteiger partial charge in [0.1, 0.15) is 6.04 Å². The van der Waals surface area contributed by atoms with Gasteiger partial charge in [-0.2, -0.15) is 0 Å². The topological polar surface area (TPSA) is 49.4 Å². The van der Waals surface area contributed by atoms with Gasteiger partial charge >= 0.3 is 0 Å². The van der Waals surface area contributed by atoms with E-state index < -0.39 is 6.04 Å². The molecule has 0 aromatic heterocycles. The zero-order valence-electron chi connectivity index (χ0n) is 12.0. The van der Waals surface area contributed by atoms with Crippen molar-refractivity contribution in [2.24, 2.45) is 0 Å². The highest BCUT2D eigenvalue weighted by atomic mass is 35.5. The molecule has 1 aliphatic heterocycles. The van der Waals surface area contributed by atoms with Crippen molar-refractivity contribution >= 4 is 29.1 Å². The molecule has 1 N–H and O–H groups in total. The van der Waals surface area contributed by atoms with Gasteiger partial charge in [-0.3, -0.25) is 9.59 Å². The molecule has 1 atom stereocenters. The first-order valence-electron chi connectivity index (χ1n) is 6.84. The van der Waals surface area contributed by atoms with Gasteiger partial charge in [0, 0.05) is 24.1 Å². The van der Waals surface area contributed by atoms with Crippen molar-refractivity contribution in [3.63, 3.8) is 0 Å². The van der Waals surface area contributed by atoms with Gasteiger partial charge in [0.15, 0.2) is 0 Å². The Morgan fingerprint density at radius 1 is 1.45 bits per heavy atom. The van der Waals surface area contributed by atoms with Crippen LogP contribution in [0, 0.1) is 6.92 Å². The van der Waals surface area contributed by atoms with E-state index in [9.17, 15) is 9.59 Å². The van der Waals surface area contributed by atoms with E-state index in [1.54, 1.807) is 11.0 Å². The Labute approximate surface area is 124 Å². The lowest BCUT2D eigenvalue weighted by Crippen LogP contribution is -2.37. The molecule has 0 bridgehead atoms. The Morgan fingerprint density at radius 2 is 2.15 bits per heavy atom. The molecule has 20 heavy (non-hydrogen) atoms. The first-order chi connectivity index (χ1) is 9.47. The Hall–Kier alpha value is -1.55. The maximum absolute atomic E-state index is 12.6. The molecule has 1 aromatic rings. The first-order valence-corrected chi connectivity index (χ1v) is 7.22. The van der Waals surface area contributed by atoms with Gasteiger partial charge in [-0.1, -0.05) is 31.0 Å². The lowest BCUT2D eigenvalue weighted by Gasteiger charge is -2.19. The van der Waals surface area contributed by atoms with Crippen LogP contribution in [-0.4, -0.2) is 18.4 Å². The Balaban J connectivity index is 2.49. The molecule has 1 aromatic carbocycles. The maximum Gasteiger partial charge on any atom is 0.254 e. The van der Waals surface area contributed by atoms with Crippen LogP contribution >= 0.6 is 11.6 Å². The summed E-state index contributed by atoms with van der Waals surface area (Å²) >= 11 is 6.25. The highest BCUT2D eigenvalue weighted by molar-refractivity contribution is 6.33. The predicted molar refractivity (Wildman–Crippen MR) is 80.0 cm³/mol. The number of amides is 2. The number of hydrogen-bond acceptors (Lipinski definition) is 2. The number of anilines is 1. The van der Waals surface area contributed by atoms with Gasteiger partial charge in [0.25, 0.3) is 5.91 Å². The highest BCUT2D eigenvalue weighted by Gasteiger charge is 2.40. The van der Waals surface area contributed by atoms with Crippen LogP contribution in [0.5, 0.6) is 0 Å². The number of nitrogens with zero attached hydrogens (tertiary/aromatic N) is 1. The summed E-state index contributed by atoms with van der Waals surface area (Å²) in [6.07, 6.45) is 1.92. The molecule has 0 radical (unpaired) electrons. The van der Waals surface area contributed by atoms with Crippen molar-refractivity contribution in [1.29, 1.82) is 0 Å². The van der Waals surface area contributed by atoms with Crippen LogP contribution in [0.3, 0.4) is 0 Å². The van der Waals surface area contributed by atoms with E-state index >= 15 is 0 Å². The average Bonchev–Trinajstić information content (AvgIpc) is 2.66. The van der Waals surface area contributed by atoms with E-state index in [1.807, 2.05) is 13.0 Å².